The molecule has 0 fully saturated rings. The van der Waals surface area contributed by atoms with Gasteiger partial charge in [0.15, 0.2) is 11.0 Å². The standard InChI is InChI=1S/C11H7ClN4O2S/c12-10-4-5-11(15-14-10)16-19(17,18)9-3-1-2-8(6-9)7-13/h1-6H,(H,15,16). The molecule has 8 heteroatoms. The van der Waals surface area contributed by atoms with Crippen LogP contribution in [0.2, 0.25) is 5.15 Å². The van der Waals surface area contributed by atoms with Crippen molar-refractivity contribution in [3.63, 3.8) is 0 Å². The predicted molar refractivity (Wildman–Crippen MR) is 69.0 cm³/mol. The molecule has 6 nitrogen and oxygen atoms in total. The monoisotopic (exact) mass is 294 g/mol. The molecule has 0 aliphatic rings. The summed E-state index contributed by atoms with van der Waals surface area (Å²) in [7, 11) is -3.81. The van der Waals surface area contributed by atoms with Crippen LogP contribution in [0.4, 0.5) is 5.82 Å². The van der Waals surface area contributed by atoms with Gasteiger partial charge < -0.3 is 0 Å². The van der Waals surface area contributed by atoms with E-state index in [9.17, 15) is 8.42 Å². The number of sulfonamides is 1. The molecule has 0 saturated heterocycles. The van der Waals surface area contributed by atoms with Gasteiger partial charge in [0.1, 0.15) is 0 Å². The summed E-state index contributed by atoms with van der Waals surface area (Å²) in [4.78, 5) is -0.0247. The Morgan fingerprint density at radius 2 is 2.00 bits per heavy atom. The van der Waals surface area contributed by atoms with Gasteiger partial charge in [-0.1, -0.05) is 17.7 Å². The molecule has 2 rings (SSSR count). The predicted octanol–water partition coefficient (Wildman–Crippen LogP) is 1.80. The number of nitriles is 1. The van der Waals surface area contributed by atoms with Gasteiger partial charge >= 0.3 is 0 Å². The summed E-state index contributed by atoms with van der Waals surface area (Å²) in [5.41, 5.74) is 0.255. The van der Waals surface area contributed by atoms with Crippen molar-refractivity contribution in [2.45, 2.75) is 4.90 Å². The molecule has 0 unspecified atom stereocenters. The zero-order chi connectivity index (χ0) is 13.9. The van der Waals surface area contributed by atoms with E-state index in [-0.39, 0.29) is 21.4 Å². The minimum Gasteiger partial charge on any atom is -0.262 e. The molecule has 0 aliphatic heterocycles. The van der Waals surface area contributed by atoms with Gasteiger partial charge in [0, 0.05) is 0 Å². The van der Waals surface area contributed by atoms with Crippen LogP contribution in [0.15, 0.2) is 41.3 Å². The first-order chi connectivity index (χ1) is 9.01. The Morgan fingerprint density at radius 3 is 2.63 bits per heavy atom. The molecule has 0 radical (unpaired) electrons. The number of halogens is 1. The average Bonchev–Trinajstić information content (AvgIpc) is 2.41. The van der Waals surface area contributed by atoms with Gasteiger partial charge in [-0.25, -0.2) is 8.42 Å². The third-order valence-corrected chi connectivity index (χ3v) is 3.70. The van der Waals surface area contributed by atoms with Crippen molar-refractivity contribution in [1.82, 2.24) is 10.2 Å². The lowest BCUT2D eigenvalue weighted by Gasteiger charge is -2.06. The number of rotatable bonds is 3. The second-order valence-electron chi connectivity index (χ2n) is 3.49. The van der Waals surface area contributed by atoms with Crippen LogP contribution in [0.1, 0.15) is 5.56 Å². The number of hydrogen-bond donors (Lipinski definition) is 1. The van der Waals surface area contributed by atoms with Crippen LogP contribution in [-0.2, 0) is 10.0 Å². The van der Waals surface area contributed by atoms with Crippen molar-refractivity contribution in [1.29, 1.82) is 5.26 Å². The van der Waals surface area contributed by atoms with Crippen LogP contribution in [0.5, 0.6) is 0 Å². The van der Waals surface area contributed by atoms with Gasteiger partial charge in [-0.05, 0) is 30.3 Å². The SMILES string of the molecule is N#Cc1cccc(S(=O)(=O)Nc2ccc(Cl)nn2)c1. The lowest BCUT2D eigenvalue weighted by atomic mass is 10.2. The Bertz CT molecular complexity index is 738. The largest absolute Gasteiger partial charge is 0.263 e. The summed E-state index contributed by atoms with van der Waals surface area (Å²) in [5, 5.41) is 16.0. The maximum absolute atomic E-state index is 12.0. The number of aromatic nitrogens is 2. The van der Waals surface area contributed by atoms with Crippen molar-refractivity contribution >= 4 is 27.4 Å². The molecule has 1 aromatic carbocycles. The van der Waals surface area contributed by atoms with E-state index in [2.05, 4.69) is 14.9 Å². The van der Waals surface area contributed by atoms with Gasteiger partial charge in [0.2, 0.25) is 0 Å². The van der Waals surface area contributed by atoms with Gasteiger partial charge in [-0.15, -0.1) is 10.2 Å². The third kappa shape index (κ3) is 3.19. The molecule has 0 amide bonds. The molecule has 19 heavy (non-hydrogen) atoms. The van der Waals surface area contributed by atoms with E-state index >= 15 is 0 Å². The Balaban J connectivity index is 2.32. The number of nitrogens with one attached hydrogen (secondary N) is 1. The van der Waals surface area contributed by atoms with E-state index in [0.29, 0.717) is 0 Å². The smallest absolute Gasteiger partial charge is 0.262 e. The Kier molecular flexibility index (Phi) is 3.64. The summed E-state index contributed by atoms with van der Waals surface area (Å²) in [6, 6.07) is 10.3. The summed E-state index contributed by atoms with van der Waals surface area (Å²) >= 11 is 5.55. The Morgan fingerprint density at radius 1 is 1.21 bits per heavy atom. The highest BCUT2D eigenvalue weighted by Gasteiger charge is 2.15. The van der Waals surface area contributed by atoms with Gasteiger partial charge in [0.25, 0.3) is 10.0 Å². The molecule has 96 valence electrons. The Labute approximate surface area is 114 Å². The fourth-order valence-electron chi connectivity index (χ4n) is 1.30. The van der Waals surface area contributed by atoms with E-state index in [1.165, 1.54) is 36.4 Å². The van der Waals surface area contributed by atoms with Crippen molar-refractivity contribution in [2.75, 3.05) is 4.72 Å². The molecule has 0 aliphatic carbocycles. The first-order valence-electron chi connectivity index (χ1n) is 5.03. The highest BCUT2D eigenvalue weighted by molar-refractivity contribution is 7.92. The summed E-state index contributed by atoms with van der Waals surface area (Å²) in [6.45, 7) is 0. The zero-order valence-electron chi connectivity index (χ0n) is 9.41. The van der Waals surface area contributed by atoms with Crippen LogP contribution >= 0.6 is 11.6 Å². The fraction of sp³-hybridized carbons (Fsp3) is 0. The van der Waals surface area contributed by atoms with Gasteiger partial charge in [-0.3, -0.25) is 4.72 Å². The average molecular weight is 295 g/mol. The molecular weight excluding hydrogens is 288 g/mol. The van der Waals surface area contributed by atoms with E-state index in [1.54, 1.807) is 0 Å². The topological polar surface area (TPSA) is 95.7 Å². The first kappa shape index (κ1) is 13.3. The van der Waals surface area contributed by atoms with E-state index < -0.39 is 10.0 Å². The van der Waals surface area contributed by atoms with Crippen molar-refractivity contribution in [2.24, 2.45) is 0 Å². The maximum atomic E-state index is 12.0. The number of hydrogen-bond acceptors (Lipinski definition) is 5. The van der Waals surface area contributed by atoms with Gasteiger partial charge in [-0.2, -0.15) is 5.26 Å². The molecule has 0 atom stereocenters. The molecule has 0 saturated carbocycles. The molecule has 2 aromatic rings. The summed E-state index contributed by atoms with van der Waals surface area (Å²) < 4.78 is 26.3. The first-order valence-corrected chi connectivity index (χ1v) is 6.89. The second-order valence-corrected chi connectivity index (χ2v) is 5.56. The van der Waals surface area contributed by atoms with E-state index in [1.807, 2.05) is 6.07 Å². The van der Waals surface area contributed by atoms with Crippen LogP contribution < -0.4 is 4.72 Å². The van der Waals surface area contributed by atoms with Crippen LogP contribution in [-0.4, -0.2) is 18.6 Å². The molecule has 0 spiro atoms. The molecule has 0 bridgehead atoms. The molecule has 1 aromatic heterocycles. The zero-order valence-corrected chi connectivity index (χ0v) is 11.0. The van der Waals surface area contributed by atoms with Crippen molar-refractivity contribution in [3.8, 4) is 6.07 Å². The van der Waals surface area contributed by atoms with Crippen LogP contribution in [0, 0.1) is 11.3 Å². The van der Waals surface area contributed by atoms with Crippen molar-refractivity contribution in [3.05, 3.63) is 47.1 Å². The molecule has 1 N–H and O–H groups in total. The summed E-state index contributed by atoms with van der Waals surface area (Å²) in [5.74, 6) is 0.0479. The lowest BCUT2D eigenvalue weighted by molar-refractivity contribution is 0.601. The summed E-state index contributed by atoms with van der Waals surface area (Å²) in [6.07, 6.45) is 0. The van der Waals surface area contributed by atoms with E-state index in [4.69, 9.17) is 16.9 Å². The van der Waals surface area contributed by atoms with Crippen molar-refractivity contribution < 1.29 is 8.42 Å². The minimum atomic E-state index is -3.81. The molecular formula is C11H7ClN4O2S. The molecule has 1 heterocycles. The highest BCUT2D eigenvalue weighted by Crippen LogP contribution is 2.15. The van der Waals surface area contributed by atoms with Crippen LogP contribution in [0.3, 0.4) is 0 Å². The normalized spacial score (nSPS) is 10.7. The number of anilines is 1. The van der Waals surface area contributed by atoms with E-state index in [0.717, 1.165) is 0 Å². The Hall–Kier alpha value is -2.17. The maximum Gasteiger partial charge on any atom is 0.263 e. The quantitative estimate of drug-likeness (QED) is 0.931. The highest BCUT2D eigenvalue weighted by atomic mass is 35.5. The third-order valence-electron chi connectivity index (χ3n) is 2.14. The fourth-order valence-corrected chi connectivity index (χ4v) is 2.44. The lowest BCUT2D eigenvalue weighted by Crippen LogP contribution is -2.14. The second kappa shape index (κ2) is 5.22. The minimum absolute atomic E-state index is 0.0247. The van der Waals surface area contributed by atoms with Gasteiger partial charge in [0.05, 0.1) is 16.5 Å². The number of benzene rings is 1. The number of nitrogens with zero attached hydrogens (tertiary/aromatic N) is 3. The van der Waals surface area contributed by atoms with Crippen LogP contribution in [0.25, 0.3) is 0 Å².